The number of urea groups is 1. The molecule has 0 aliphatic heterocycles. The molecule has 36 heavy (non-hydrogen) atoms. The van der Waals surface area contributed by atoms with Crippen LogP contribution in [0.3, 0.4) is 0 Å². The number of carbonyl (C=O) groups excluding carboxylic acids is 1. The number of aromatic nitrogens is 2. The quantitative estimate of drug-likeness (QED) is 0.348. The smallest absolute Gasteiger partial charge is 0.322 e. The van der Waals surface area contributed by atoms with Gasteiger partial charge in [0.2, 0.25) is 0 Å². The van der Waals surface area contributed by atoms with Gasteiger partial charge in [0.25, 0.3) is 5.56 Å². The first kappa shape index (κ1) is 23.1. The number of para-hydroxylation sites is 1. The Bertz CT molecular complexity index is 1640. The van der Waals surface area contributed by atoms with Crippen LogP contribution in [0.1, 0.15) is 18.8 Å². The molecule has 0 saturated heterocycles. The first-order valence-electron chi connectivity index (χ1n) is 11.6. The minimum Gasteiger partial charge on any atom is -0.497 e. The van der Waals surface area contributed by atoms with E-state index in [1.807, 2.05) is 73.7 Å². The molecule has 1 N–H and O–H groups in total. The Balaban J connectivity index is 1.59. The summed E-state index contributed by atoms with van der Waals surface area (Å²) in [7, 11) is 3.26. The highest BCUT2D eigenvalue weighted by molar-refractivity contribution is 5.90. The molecule has 7 nitrogen and oxygen atoms in total. The van der Waals surface area contributed by atoms with E-state index in [0.29, 0.717) is 33.9 Å². The Morgan fingerprint density at radius 3 is 2.50 bits per heavy atom. The van der Waals surface area contributed by atoms with Gasteiger partial charge in [-0.25, -0.2) is 9.78 Å². The van der Waals surface area contributed by atoms with Crippen molar-refractivity contribution in [2.75, 3.05) is 19.5 Å². The van der Waals surface area contributed by atoms with Gasteiger partial charge in [-0.3, -0.25) is 9.36 Å². The minimum absolute atomic E-state index is 0.181. The number of hydrogen-bond donors (Lipinski definition) is 1. The number of rotatable bonds is 5. The molecule has 4 aromatic carbocycles. The van der Waals surface area contributed by atoms with E-state index in [1.165, 1.54) is 4.90 Å². The Kier molecular flexibility index (Phi) is 6.12. The summed E-state index contributed by atoms with van der Waals surface area (Å²) in [6.07, 6.45) is 0. The van der Waals surface area contributed by atoms with Crippen LogP contribution in [0.4, 0.5) is 10.5 Å². The molecule has 0 aliphatic rings. The number of hydrogen-bond acceptors (Lipinski definition) is 4. The van der Waals surface area contributed by atoms with Gasteiger partial charge in [-0.2, -0.15) is 0 Å². The second-order valence-electron chi connectivity index (χ2n) is 8.61. The third kappa shape index (κ3) is 4.27. The summed E-state index contributed by atoms with van der Waals surface area (Å²) < 4.78 is 6.86. The average molecular weight is 479 g/mol. The van der Waals surface area contributed by atoms with E-state index in [0.717, 1.165) is 10.8 Å². The number of amides is 2. The molecule has 0 aliphatic carbocycles. The van der Waals surface area contributed by atoms with Crippen LogP contribution in [0, 0.1) is 0 Å². The van der Waals surface area contributed by atoms with Crippen LogP contribution < -0.4 is 15.6 Å². The van der Waals surface area contributed by atoms with Crippen molar-refractivity contribution < 1.29 is 9.53 Å². The van der Waals surface area contributed by atoms with Gasteiger partial charge in [-0.15, -0.1) is 0 Å². The second-order valence-corrected chi connectivity index (χ2v) is 8.61. The minimum atomic E-state index is -0.514. The van der Waals surface area contributed by atoms with E-state index in [9.17, 15) is 9.59 Å². The van der Waals surface area contributed by atoms with Gasteiger partial charge >= 0.3 is 6.03 Å². The molecule has 1 heterocycles. The van der Waals surface area contributed by atoms with Gasteiger partial charge < -0.3 is 15.0 Å². The lowest BCUT2D eigenvalue weighted by atomic mass is 10.1. The average Bonchev–Trinajstić information content (AvgIpc) is 2.92. The molecule has 0 fully saturated rings. The molecule has 0 saturated carbocycles. The summed E-state index contributed by atoms with van der Waals surface area (Å²) in [6.45, 7) is 1.86. The van der Waals surface area contributed by atoms with Crippen molar-refractivity contribution in [3.05, 3.63) is 107 Å². The van der Waals surface area contributed by atoms with Crippen molar-refractivity contribution in [1.29, 1.82) is 0 Å². The fourth-order valence-corrected chi connectivity index (χ4v) is 4.26. The molecule has 0 radical (unpaired) electrons. The van der Waals surface area contributed by atoms with Crippen molar-refractivity contribution in [2.45, 2.75) is 13.0 Å². The number of nitrogens with one attached hydrogen (secondary N) is 1. The number of fused-ring (bicyclic) bond motifs is 2. The predicted octanol–water partition coefficient (Wildman–Crippen LogP) is 5.77. The Morgan fingerprint density at radius 2 is 1.69 bits per heavy atom. The maximum absolute atomic E-state index is 13.7. The molecule has 0 bridgehead atoms. The van der Waals surface area contributed by atoms with Crippen LogP contribution in [0.5, 0.6) is 5.75 Å². The Labute approximate surface area is 208 Å². The summed E-state index contributed by atoms with van der Waals surface area (Å²) in [5, 5.41) is 5.50. The molecule has 0 spiro atoms. The van der Waals surface area contributed by atoms with E-state index < -0.39 is 6.04 Å². The van der Waals surface area contributed by atoms with Crippen molar-refractivity contribution in [2.24, 2.45) is 0 Å². The predicted molar refractivity (Wildman–Crippen MR) is 143 cm³/mol. The highest BCUT2D eigenvalue weighted by atomic mass is 16.5. The first-order chi connectivity index (χ1) is 17.5. The lowest BCUT2D eigenvalue weighted by Crippen LogP contribution is -2.37. The normalized spacial score (nSPS) is 11.9. The van der Waals surface area contributed by atoms with Crippen molar-refractivity contribution in [1.82, 2.24) is 14.5 Å². The molecule has 2 amide bonds. The van der Waals surface area contributed by atoms with Gasteiger partial charge in [0.1, 0.15) is 11.6 Å². The SMILES string of the molecule is COc1cccc(NC(=O)N(C)C(C)c2nc3ccccc3c(=O)n2-c2ccc3ccccc3c2)c1. The van der Waals surface area contributed by atoms with Crippen LogP contribution in [0.25, 0.3) is 27.4 Å². The summed E-state index contributed by atoms with van der Waals surface area (Å²) in [5.41, 5.74) is 1.71. The van der Waals surface area contributed by atoms with Crippen LogP contribution >= 0.6 is 0 Å². The lowest BCUT2D eigenvalue weighted by molar-refractivity contribution is 0.205. The number of benzene rings is 4. The number of anilines is 1. The molecule has 7 heteroatoms. The molecule has 1 aromatic heterocycles. The summed E-state index contributed by atoms with van der Waals surface area (Å²) in [6, 6.07) is 27.4. The molecular formula is C29H26N4O3. The highest BCUT2D eigenvalue weighted by Crippen LogP contribution is 2.25. The highest BCUT2D eigenvalue weighted by Gasteiger charge is 2.24. The fourth-order valence-electron chi connectivity index (χ4n) is 4.26. The maximum Gasteiger partial charge on any atom is 0.322 e. The van der Waals surface area contributed by atoms with E-state index in [-0.39, 0.29) is 11.6 Å². The molecule has 5 rings (SSSR count). The Hall–Kier alpha value is -4.65. The van der Waals surface area contributed by atoms with Crippen LogP contribution in [-0.4, -0.2) is 34.6 Å². The lowest BCUT2D eigenvalue weighted by Gasteiger charge is -2.27. The zero-order valence-electron chi connectivity index (χ0n) is 20.3. The van der Waals surface area contributed by atoms with Crippen LogP contribution in [0.2, 0.25) is 0 Å². The van der Waals surface area contributed by atoms with E-state index in [4.69, 9.17) is 9.72 Å². The summed E-state index contributed by atoms with van der Waals surface area (Å²) in [4.78, 5) is 33.3. The van der Waals surface area contributed by atoms with Crippen LogP contribution in [-0.2, 0) is 0 Å². The molecule has 5 aromatic rings. The summed E-state index contributed by atoms with van der Waals surface area (Å²) >= 11 is 0. The molecular weight excluding hydrogens is 452 g/mol. The second kappa shape index (κ2) is 9.54. The Morgan fingerprint density at radius 1 is 0.944 bits per heavy atom. The van der Waals surface area contributed by atoms with E-state index in [2.05, 4.69) is 5.32 Å². The van der Waals surface area contributed by atoms with E-state index >= 15 is 0 Å². The number of methoxy groups -OCH3 is 1. The zero-order chi connectivity index (χ0) is 25.2. The third-order valence-electron chi connectivity index (χ3n) is 6.39. The topological polar surface area (TPSA) is 76.5 Å². The van der Waals surface area contributed by atoms with Crippen molar-refractivity contribution in [3.8, 4) is 11.4 Å². The first-order valence-corrected chi connectivity index (χ1v) is 11.6. The number of carbonyl (C=O) groups is 1. The van der Waals surface area contributed by atoms with Gasteiger partial charge in [0.15, 0.2) is 0 Å². The largest absolute Gasteiger partial charge is 0.497 e. The number of nitrogens with zero attached hydrogens (tertiary/aromatic N) is 3. The maximum atomic E-state index is 13.7. The monoisotopic (exact) mass is 478 g/mol. The van der Waals surface area contributed by atoms with Crippen molar-refractivity contribution >= 4 is 33.4 Å². The molecule has 180 valence electrons. The van der Waals surface area contributed by atoms with Crippen LogP contribution in [0.15, 0.2) is 95.8 Å². The van der Waals surface area contributed by atoms with Crippen molar-refractivity contribution in [3.63, 3.8) is 0 Å². The standard InChI is InChI=1S/C29H26N4O3/c1-19(32(2)29(35)30-22-11-8-12-24(18-22)36-3)27-31-26-14-7-6-13-25(26)28(34)33(27)23-16-15-20-9-4-5-10-21(20)17-23/h4-19H,1-3H3,(H,30,35). The van der Waals surface area contributed by atoms with Gasteiger partial charge in [-0.1, -0.05) is 48.5 Å². The molecule has 1 atom stereocenters. The third-order valence-corrected chi connectivity index (χ3v) is 6.39. The van der Waals surface area contributed by atoms with Gasteiger partial charge in [0, 0.05) is 18.8 Å². The van der Waals surface area contributed by atoms with E-state index in [1.54, 1.807) is 43.0 Å². The summed E-state index contributed by atoms with van der Waals surface area (Å²) in [5.74, 6) is 1.11. The number of ether oxygens (including phenoxy) is 1. The van der Waals surface area contributed by atoms with Gasteiger partial charge in [-0.05, 0) is 54.1 Å². The molecule has 1 unspecified atom stereocenters. The zero-order valence-corrected chi connectivity index (χ0v) is 20.3. The fraction of sp³-hybridized carbons (Fsp3) is 0.138. The van der Waals surface area contributed by atoms with Gasteiger partial charge in [0.05, 0.1) is 29.7 Å².